The first-order valence-corrected chi connectivity index (χ1v) is 10.9. The molecule has 1 saturated carbocycles. The van der Waals surface area contributed by atoms with E-state index in [-0.39, 0.29) is 18.1 Å². The van der Waals surface area contributed by atoms with Gasteiger partial charge in [-0.2, -0.15) is 0 Å². The number of hydrogen-bond donors (Lipinski definition) is 3. The van der Waals surface area contributed by atoms with Crippen molar-refractivity contribution in [3.05, 3.63) is 35.0 Å². The van der Waals surface area contributed by atoms with Crippen molar-refractivity contribution in [2.24, 2.45) is 0 Å². The number of likely N-dealkylation sites (tertiary alicyclic amines) is 1. The molecular weight excluding hydrogens is 364 g/mol. The number of aromatic amines is 1. The van der Waals surface area contributed by atoms with Crippen molar-refractivity contribution in [1.82, 2.24) is 20.1 Å². The lowest BCUT2D eigenvalue weighted by Crippen LogP contribution is -2.63. The van der Waals surface area contributed by atoms with E-state index >= 15 is 0 Å². The third kappa shape index (κ3) is 2.88. The first-order valence-electron chi connectivity index (χ1n) is 10.9. The standard InChI is InChI=1S/C23H32N4O2/c1-26(2)22(28)24-15-12-23(29)17-9-6-10-18-20(17)16(11-19(23)27(3)13-15)21(25-18)14-7-4-5-8-14/h6,9-10,14-15,19,25,29H,4-5,7-8,11-13H2,1-3H3,(H,24,28)/t15?,19-,23?/m1/s1. The lowest BCUT2D eigenvalue weighted by molar-refractivity contribution is -0.0889. The number of H-pyrrole nitrogens is 1. The molecule has 2 amide bonds. The summed E-state index contributed by atoms with van der Waals surface area (Å²) in [6, 6.07) is 6.13. The van der Waals surface area contributed by atoms with Crippen molar-refractivity contribution in [1.29, 1.82) is 0 Å². The van der Waals surface area contributed by atoms with Gasteiger partial charge in [-0.05, 0) is 49.4 Å². The SMILES string of the molecule is CN(C)C(=O)NC1CN(C)[C@@H]2Cc3c(C4CCCC4)[nH]c4cccc(c34)C2(O)C1. The van der Waals surface area contributed by atoms with Gasteiger partial charge in [-0.25, -0.2) is 4.79 Å². The molecule has 6 nitrogen and oxygen atoms in total. The van der Waals surface area contributed by atoms with E-state index in [1.165, 1.54) is 42.3 Å². The average molecular weight is 397 g/mol. The van der Waals surface area contributed by atoms with Gasteiger partial charge in [0.25, 0.3) is 0 Å². The highest BCUT2D eigenvalue weighted by molar-refractivity contribution is 5.90. The first kappa shape index (κ1) is 18.9. The van der Waals surface area contributed by atoms with E-state index in [4.69, 9.17) is 0 Å². The van der Waals surface area contributed by atoms with Crippen LogP contribution in [0.2, 0.25) is 0 Å². The van der Waals surface area contributed by atoms with Crippen LogP contribution in [0.25, 0.3) is 10.9 Å². The van der Waals surface area contributed by atoms with Crippen LogP contribution in [0.3, 0.4) is 0 Å². The van der Waals surface area contributed by atoms with Crippen LogP contribution in [-0.2, 0) is 12.0 Å². The van der Waals surface area contributed by atoms with Crippen LogP contribution in [0, 0.1) is 0 Å². The van der Waals surface area contributed by atoms with Gasteiger partial charge in [0.1, 0.15) is 5.60 Å². The Morgan fingerprint density at radius 3 is 2.79 bits per heavy atom. The van der Waals surface area contributed by atoms with Gasteiger partial charge < -0.3 is 20.3 Å². The molecule has 0 radical (unpaired) electrons. The summed E-state index contributed by atoms with van der Waals surface area (Å²) >= 11 is 0. The number of nitrogens with zero attached hydrogens (tertiary/aromatic N) is 2. The second-order valence-electron chi connectivity index (χ2n) is 9.56. The summed E-state index contributed by atoms with van der Waals surface area (Å²) in [5, 5.41) is 16.3. The van der Waals surface area contributed by atoms with Crippen molar-refractivity contribution >= 4 is 16.9 Å². The molecule has 1 aromatic carbocycles. The monoisotopic (exact) mass is 396 g/mol. The number of nitrogens with one attached hydrogen (secondary N) is 2. The number of aromatic nitrogens is 1. The highest BCUT2D eigenvalue weighted by Crippen LogP contribution is 2.49. The number of carbonyl (C=O) groups excluding carboxylic acids is 1. The van der Waals surface area contributed by atoms with Crippen molar-refractivity contribution in [3.63, 3.8) is 0 Å². The van der Waals surface area contributed by atoms with Gasteiger partial charge >= 0.3 is 6.03 Å². The van der Waals surface area contributed by atoms with Crippen molar-refractivity contribution in [2.75, 3.05) is 27.7 Å². The lowest BCUT2D eigenvalue weighted by Gasteiger charge is -2.51. The molecule has 156 valence electrons. The zero-order valence-electron chi connectivity index (χ0n) is 17.7. The van der Waals surface area contributed by atoms with Crippen LogP contribution in [0.5, 0.6) is 0 Å². The Hall–Kier alpha value is -2.05. The number of carbonyl (C=O) groups is 1. The molecular formula is C23H32N4O2. The fourth-order valence-electron chi connectivity index (χ4n) is 6.10. The molecule has 3 aliphatic rings. The van der Waals surface area contributed by atoms with Crippen LogP contribution in [-0.4, -0.2) is 65.7 Å². The second kappa shape index (κ2) is 6.74. The summed E-state index contributed by atoms with van der Waals surface area (Å²) in [6.07, 6.45) is 6.56. The van der Waals surface area contributed by atoms with Gasteiger partial charge in [0.2, 0.25) is 0 Å². The minimum atomic E-state index is -0.959. The van der Waals surface area contributed by atoms with E-state index in [9.17, 15) is 9.90 Å². The van der Waals surface area contributed by atoms with Crippen LogP contribution in [0.15, 0.2) is 18.2 Å². The molecule has 2 fully saturated rings. The van der Waals surface area contributed by atoms with E-state index in [1.807, 2.05) is 0 Å². The number of urea groups is 1. The van der Waals surface area contributed by atoms with Crippen LogP contribution >= 0.6 is 0 Å². The minimum Gasteiger partial charge on any atom is -0.383 e. The number of piperidine rings is 1. The van der Waals surface area contributed by atoms with E-state index in [0.717, 1.165) is 24.0 Å². The number of likely N-dealkylation sites (N-methyl/N-ethyl adjacent to an activating group) is 1. The largest absolute Gasteiger partial charge is 0.383 e. The maximum absolute atomic E-state index is 12.2. The Kier molecular flexibility index (Phi) is 4.40. The Balaban J connectivity index is 1.57. The average Bonchev–Trinajstić information content (AvgIpc) is 3.32. The minimum absolute atomic E-state index is 0.0315. The maximum atomic E-state index is 12.2. The number of benzene rings is 1. The van der Waals surface area contributed by atoms with Crippen molar-refractivity contribution < 1.29 is 9.90 Å². The predicted octanol–water partition coefficient (Wildman–Crippen LogP) is 2.91. The maximum Gasteiger partial charge on any atom is 0.317 e. The van der Waals surface area contributed by atoms with Gasteiger partial charge in [0.05, 0.1) is 0 Å². The van der Waals surface area contributed by atoms with E-state index in [1.54, 1.807) is 19.0 Å². The molecule has 1 aliphatic heterocycles. The second-order valence-corrected chi connectivity index (χ2v) is 9.56. The molecule has 0 spiro atoms. The topological polar surface area (TPSA) is 71.6 Å². The summed E-state index contributed by atoms with van der Waals surface area (Å²) in [7, 11) is 5.57. The number of rotatable bonds is 2. The lowest BCUT2D eigenvalue weighted by atomic mass is 9.69. The molecule has 1 aromatic heterocycles. The Labute approximate surface area is 172 Å². The fraction of sp³-hybridized carbons (Fsp3) is 0.609. The predicted molar refractivity (Wildman–Crippen MR) is 114 cm³/mol. The molecule has 2 aliphatic carbocycles. The molecule has 2 unspecified atom stereocenters. The molecule has 3 atom stereocenters. The smallest absolute Gasteiger partial charge is 0.317 e. The normalized spacial score (nSPS) is 29.8. The number of amides is 2. The van der Waals surface area contributed by atoms with Gasteiger partial charge in [-0.1, -0.05) is 25.0 Å². The Morgan fingerprint density at radius 1 is 1.31 bits per heavy atom. The zero-order chi connectivity index (χ0) is 20.3. The van der Waals surface area contributed by atoms with Gasteiger partial charge in [-0.3, -0.25) is 4.90 Å². The Bertz CT molecular complexity index is 946. The molecule has 6 heteroatoms. The summed E-state index contributed by atoms with van der Waals surface area (Å²) in [5.74, 6) is 0.623. The number of fused-ring (bicyclic) bond motifs is 2. The number of aliphatic hydroxyl groups is 1. The molecule has 0 bridgehead atoms. The molecule has 29 heavy (non-hydrogen) atoms. The number of hydrogen-bond acceptors (Lipinski definition) is 3. The van der Waals surface area contributed by atoms with E-state index in [2.05, 4.69) is 40.4 Å². The summed E-state index contributed by atoms with van der Waals surface area (Å²) < 4.78 is 0. The molecule has 2 heterocycles. The summed E-state index contributed by atoms with van der Waals surface area (Å²) in [5.41, 5.74) is 4.04. The molecule has 2 aromatic rings. The Morgan fingerprint density at radius 2 is 2.07 bits per heavy atom. The third-order valence-corrected chi connectivity index (χ3v) is 7.47. The summed E-state index contributed by atoms with van der Waals surface area (Å²) in [4.78, 5) is 19.8. The molecule has 1 saturated heterocycles. The molecule has 5 rings (SSSR count). The van der Waals surface area contributed by atoms with Crippen LogP contribution in [0.4, 0.5) is 4.79 Å². The van der Waals surface area contributed by atoms with Gasteiger partial charge in [0, 0.05) is 55.7 Å². The molecule has 3 N–H and O–H groups in total. The van der Waals surface area contributed by atoms with Gasteiger partial charge in [0.15, 0.2) is 0 Å². The van der Waals surface area contributed by atoms with Crippen molar-refractivity contribution in [3.8, 4) is 0 Å². The highest BCUT2D eigenvalue weighted by Gasteiger charge is 2.51. The summed E-state index contributed by atoms with van der Waals surface area (Å²) in [6.45, 7) is 0.751. The van der Waals surface area contributed by atoms with Crippen LogP contribution in [0.1, 0.15) is 54.8 Å². The van der Waals surface area contributed by atoms with E-state index < -0.39 is 5.60 Å². The zero-order valence-corrected chi connectivity index (χ0v) is 17.7. The van der Waals surface area contributed by atoms with Crippen molar-refractivity contribution in [2.45, 2.75) is 62.1 Å². The quantitative estimate of drug-likeness (QED) is 0.731. The van der Waals surface area contributed by atoms with Gasteiger partial charge in [-0.15, -0.1) is 0 Å². The first-order chi connectivity index (χ1) is 13.9. The third-order valence-electron chi connectivity index (χ3n) is 7.47. The van der Waals surface area contributed by atoms with Crippen LogP contribution < -0.4 is 5.32 Å². The highest BCUT2D eigenvalue weighted by atomic mass is 16.3. The van der Waals surface area contributed by atoms with E-state index in [0.29, 0.717) is 12.3 Å². The fourth-order valence-corrected chi connectivity index (χ4v) is 6.10.